The van der Waals surface area contributed by atoms with Gasteiger partial charge in [0.2, 0.25) is 0 Å². The number of aromatic carboxylic acids is 1. The molecular weight excluding hydrogens is 312 g/mol. The van der Waals surface area contributed by atoms with E-state index >= 15 is 0 Å². The Hall–Kier alpha value is -0.330. The number of hydrogen-bond acceptors (Lipinski definition) is 3. The summed E-state index contributed by atoms with van der Waals surface area (Å²) in [5, 5.41) is 8.98. The van der Waals surface area contributed by atoms with Crippen molar-refractivity contribution in [2.24, 2.45) is 0 Å². The lowest BCUT2D eigenvalue weighted by molar-refractivity contribution is 0.0693. The molecule has 16 heavy (non-hydrogen) atoms. The van der Waals surface area contributed by atoms with Crippen LogP contribution >= 0.6 is 27.7 Å². The Labute approximate surface area is 109 Å². The Morgan fingerprint density at radius 2 is 2.25 bits per heavy atom. The third-order valence-corrected chi connectivity index (χ3v) is 4.66. The van der Waals surface area contributed by atoms with E-state index in [1.807, 2.05) is 6.26 Å². The normalized spacial score (nSPS) is 12.4. The van der Waals surface area contributed by atoms with Gasteiger partial charge in [0.15, 0.2) is 0 Å². The van der Waals surface area contributed by atoms with Crippen LogP contribution in [-0.2, 0) is 10.8 Å². The van der Waals surface area contributed by atoms with Crippen molar-refractivity contribution in [3.05, 3.63) is 28.2 Å². The fraction of sp³-hybridized carbons (Fsp3) is 0.300. The minimum absolute atomic E-state index is 0.114. The molecule has 0 aliphatic carbocycles. The summed E-state index contributed by atoms with van der Waals surface area (Å²) in [5.74, 6) is 0.177. The van der Waals surface area contributed by atoms with E-state index in [1.165, 1.54) is 6.07 Å². The monoisotopic (exact) mass is 322 g/mol. The number of carbonyl (C=O) groups is 1. The van der Waals surface area contributed by atoms with E-state index in [1.54, 1.807) is 23.9 Å². The van der Waals surface area contributed by atoms with Crippen LogP contribution in [0.5, 0.6) is 0 Å². The molecule has 1 aromatic rings. The summed E-state index contributed by atoms with van der Waals surface area (Å²) >= 11 is 4.84. The van der Waals surface area contributed by atoms with Crippen molar-refractivity contribution < 1.29 is 14.1 Å². The highest BCUT2D eigenvalue weighted by Crippen LogP contribution is 2.20. The predicted molar refractivity (Wildman–Crippen MR) is 70.8 cm³/mol. The van der Waals surface area contributed by atoms with Crippen molar-refractivity contribution in [1.82, 2.24) is 0 Å². The van der Waals surface area contributed by atoms with Crippen LogP contribution in [-0.4, -0.2) is 33.0 Å². The molecule has 0 fully saturated rings. The second kappa shape index (κ2) is 6.42. The maximum atomic E-state index is 11.9. The molecule has 1 rings (SSSR count). The van der Waals surface area contributed by atoms with Crippen molar-refractivity contribution in [1.29, 1.82) is 0 Å². The van der Waals surface area contributed by atoms with Gasteiger partial charge >= 0.3 is 5.97 Å². The molecule has 0 bridgehead atoms. The highest BCUT2D eigenvalue weighted by atomic mass is 79.9. The molecule has 1 unspecified atom stereocenters. The zero-order valence-electron chi connectivity index (χ0n) is 8.60. The first-order chi connectivity index (χ1) is 7.56. The number of benzene rings is 1. The van der Waals surface area contributed by atoms with Gasteiger partial charge in [-0.2, -0.15) is 11.8 Å². The van der Waals surface area contributed by atoms with Crippen molar-refractivity contribution in [2.75, 3.05) is 17.8 Å². The fourth-order valence-electron chi connectivity index (χ4n) is 1.13. The molecule has 1 N–H and O–H groups in total. The number of carboxylic acids is 1. The smallest absolute Gasteiger partial charge is 0.336 e. The number of thioether (sulfide) groups is 1. The third kappa shape index (κ3) is 3.61. The minimum atomic E-state index is -1.26. The minimum Gasteiger partial charge on any atom is -0.478 e. The van der Waals surface area contributed by atoms with Crippen LogP contribution < -0.4 is 0 Å². The average molecular weight is 323 g/mol. The molecule has 0 spiro atoms. The highest BCUT2D eigenvalue weighted by molar-refractivity contribution is 9.10. The highest BCUT2D eigenvalue weighted by Gasteiger charge is 2.15. The Bertz CT molecular complexity index is 421. The fourth-order valence-corrected chi connectivity index (χ4v) is 3.79. The lowest BCUT2D eigenvalue weighted by Gasteiger charge is -2.06. The molecule has 0 saturated carbocycles. The SMILES string of the molecule is CSCCS(=O)c1cc(Br)ccc1C(=O)O. The van der Waals surface area contributed by atoms with Gasteiger partial charge in [-0.1, -0.05) is 15.9 Å². The van der Waals surface area contributed by atoms with Crippen molar-refractivity contribution in [2.45, 2.75) is 4.90 Å². The Morgan fingerprint density at radius 3 is 2.81 bits per heavy atom. The molecule has 0 aliphatic heterocycles. The lowest BCUT2D eigenvalue weighted by Crippen LogP contribution is -2.08. The number of carboxylic acid groups (broad SMARTS) is 1. The van der Waals surface area contributed by atoms with Crippen LogP contribution in [0.1, 0.15) is 10.4 Å². The van der Waals surface area contributed by atoms with Gasteiger partial charge in [0.25, 0.3) is 0 Å². The Morgan fingerprint density at radius 1 is 1.56 bits per heavy atom. The predicted octanol–water partition coefficient (Wildman–Crippen LogP) is 2.62. The quantitative estimate of drug-likeness (QED) is 0.905. The molecule has 3 nitrogen and oxygen atoms in total. The molecule has 1 aromatic carbocycles. The zero-order chi connectivity index (χ0) is 12.1. The van der Waals surface area contributed by atoms with E-state index in [0.29, 0.717) is 10.6 Å². The van der Waals surface area contributed by atoms with Crippen LogP contribution in [0.3, 0.4) is 0 Å². The van der Waals surface area contributed by atoms with Crippen molar-refractivity contribution >= 4 is 44.5 Å². The molecule has 6 heteroatoms. The first kappa shape index (κ1) is 13.7. The maximum absolute atomic E-state index is 11.9. The summed E-state index contributed by atoms with van der Waals surface area (Å²) < 4.78 is 12.6. The van der Waals surface area contributed by atoms with E-state index < -0.39 is 16.8 Å². The lowest BCUT2D eigenvalue weighted by atomic mass is 10.2. The zero-order valence-corrected chi connectivity index (χ0v) is 11.8. The molecule has 0 saturated heterocycles. The summed E-state index contributed by atoms with van der Waals surface area (Å²) in [7, 11) is -1.26. The van der Waals surface area contributed by atoms with E-state index in [2.05, 4.69) is 15.9 Å². The molecule has 0 amide bonds. The van der Waals surface area contributed by atoms with Gasteiger partial charge in [-0.25, -0.2) is 4.79 Å². The average Bonchev–Trinajstić information content (AvgIpc) is 2.25. The summed E-state index contributed by atoms with van der Waals surface area (Å²) in [6.07, 6.45) is 1.93. The summed E-state index contributed by atoms with van der Waals surface area (Å²) in [5.41, 5.74) is 0.114. The second-order valence-corrected chi connectivity index (χ2v) is 6.43. The summed E-state index contributed by atoms with van der Waals surface area (Å²) in [6.45, 7) is 0. The van der Waals surface area contributed by atoms with Gasteiger partial charge < -0.3 is 5.11 Å². The second-order valence-electron chi connectivity index (χ2n) is 2.99. The molecule has 0 heterocycles. The molecular formula is C10H11BrO3S2. The standard InChI is InChI=1S/C10H11BrO3S2/c1-15-4-5-16(14)9-6-7(11)2-3-8(9)10(12)13/h2-3,6H,4-5H2,1H3,(H,12,13). The van der Waals surface area contributed by atoms with Crippen LogP contribution in [0.2, 0.25) is 0 Å². The molecule has 1 atom stereocenters. The van der Waals surface area contributed by atoms with Gasteiger partial charge in [-0.15, -0.1) is 0 Å². The van der Waals surface area contributed by atoms with E-state index in [-0.39, 0.29) is 5.56 Å². The maximum Gasteiger partial charge on any atom is 0.336 e. The molecule has 0 radical (unpaired) electrons. The third-order valence-electron chi connectivity index (χ3n) is 1.89. The molecule has 88 valence electrons. The van der Waals surface area contributed by atoms with E-state index in [0.717, 1.165) is 10.2 Å². The van der Waals surface area contributed by atoms with E-state index in [9.17, 15) is 9.00 Å². The number of hydrogen-bond donors (Lipinski definition) is 1. The first-order valence-electron chi connectivity index (χ1n) is 4.46. The van der Waals surface area contributed by atoms with Gasteiger partial charge in [-0.3, -0.25) is 4.21 Å². The van der Waals surface area contributed by atoms with Gasteiger partial charge in [0.05, 0.1) is 21.3 Å². The van der Waals surface area contributed by atoms with Crippen LogP contribution in [0, 0.1) is 0 Å². The summed E-state index contributed by atoms with van der Waals surface area (Å²) in [4.78, 5) is 11.3. The number of halogens is 1. The van der Waals surface area contributed by atoms with Crippen LogP contribution in [0.25, 0.3) is 0 Å². The Kier molecular flexibility index (Phi) is 5.51. The Balaban J connectivity index is 3.04. The van der Waals surface area contributed by atoms with Crippen LogP contribution in [0.15, 0.2) is 27.6 Å². The molecule has 0 aromatic heterocycles. The van der Waals surface area contributed by atoms with Gasteiger partial charge in [0, 0.05) is 16.0 Å². The van der Waals surface area contributed by atoms with Crippen LogP contribution in [0.4, 0.5) is 0 Å². The summed E-state index contributed by atoms with van der Waals surface area (Å²) in [6, 6.07) is 4.72. The van der Waals surface area contributed by atoms with Crippen molar-refractivity contribution in [3.8, 4) is 0 Å². The molecule has 0 aliphatic rings. The topological polar surface area (TPSA) is 54.4 Å². The number of rotatable bonds is 5. The van der Waals surface area contributed by atoms with Crippen molar-refractivity contribution in [3.63, 3.8) is 0 Å². The van der Waals surface area contributed by atoms with Gasteiger partial charge in [-0.05, 0) is 24.5 Å². The largest absolute Gasteiger partial charge is 0.478 e. The van der Waals surface area contributed by atoms with E-state index in [4.69, 9.17) is 5.11 Å². The van der Waals surface area contributed by atoms with Gasteiger partial charge in [0.1, 0.15) is 0 Å². The first-order valence-corrected chi connectivity index (χ1v) is 7.97.